The Hall–Kier alpha value is -1.13. The molecule has 0 aromatic rings. The monoisotopic (exact) mass is 268 g/mol. The van der Waals surface area contributed by atoms with Gasteiger partial charge >= 0.3 is 0 Å². The maximum absolute atomic E-state index is 14.2. The molecule has 0 aromatic heterocycles. The van der Waals surface area contributed by atoms with Crippen LogP contribution in [-0.4, -0.2) is 54.0 Å². The van der Waals surface area contributed by atoms with Crippen LogP contribution in [0.3, 0.4) is 0 Å². The van der Waals surface area contributed by atoms with Gasteiger partial charge in [-0.2, -0.15) is 0 Å². The summed E-state index contributed by atoms with van der Waals surface area (Å²) in [5.74, 6) is -0.244. The quantitative estimate of drug-likeness (QED) is 0.720. The molecule has 5 heteroatoms. The van der Waals surface area contributed by atoms with E-state index in [2.05, 4.69) is 0 Å². The van der Waals surface area contributed by atoms with Gasteiger partial charge in [0.05, 0.1) is 5.41 Å². The van der Waals surface area contributed by atoms with Crippen molar-refractivity contribution in [3.05, 3.63) is 0 Å². The second kappa shape index (κ2) is 4.18. The molecular weight excluding hydrogens is 247 g/mol. The lowest BCUT2D eigenvalue weighted by atomic mass is 9.76. The fourth-order valence-electron chi connectivity index (χ4n) is 3.66. The fourth-order valence-corrected chi connectivity index (χ4v) is 3.66. The number of carbonyl (C=O) groups excluding carboxylic acids is 2. The van der Waals surface area contributed by atoms with Crippen LogP contribution in [0.25, 0.3) is 0 Å². The number of carbonyl (C=O) groups is 2. The predicted octanol–water partition coefficient (Wildman–Crippen LogP) is 1.35. The van der Waals surface area contributed by atoms with E-state index in [4.69, 9.17) is 0 Å². The van der Waals surface area contributed by atoms with Gasteiger partial charge in [-0.05, 0) is 38.5 Å². The number of halogens is 1. The topological polar surface area (TPSA) is 40.6 Å². The molecule has 106 valence electrons. The van der Waals surface area contributed by atoms with Crippen molar-refractivity contribution >= 4 is 11.8 Å². The van der Waals surface area contributed by atoms with Gasteiger partial charge in [0, 0.05) is 26.7 Å². The van der Waals surface area contributed by atoms with Gasteiger partial charge in [-0.3, -0.25) is 9.59 Å². The summed E-state index contributed by atoms with van der Waals surface area (Å²) in [6.45, 7) is 1.77. The third-order valence-corrected chi connectivity index (χ3v) is 5.12. The Balaban J connectivity index is 1.75. The zero-order valence-corrected chi connectivity index (χ0v) is 11.5. The van der Waals surface area contributed by atoms with E-state index in [1.807, 2.05) is 0 Å². The Morgan fingerprint density at radius 1 is 1.16 bits per heavy atom. The molecule has 1 spiro atoms. The minimum atomic E-state index is -1.63. The first-order valence-electron chi connectivity index (χ1n) is 7.21. The number of piperidine rings is 1. The van der Waals surface area contributed by atoms with Crippen LogP contribution >= 0.6 is 0 Å². The average molecular weight is 268 g/mol. The van der Waals surface area contributed by atoms with Gasteiger partial charge < -0.3 is 9.80 Å². The van der Waals surface area contributed by atoms with Crippen LogP contribution in [0.4, 0.5) is 4.39 Å². The predicted molar refractivity (Wildman–Crippen MR) is 68.2 cm³/mol. The van der Waals surface area contributed by atoms with Gasteiger partial charge in [-0.15, -0.1) is 0 Å². The van der Waals surface area contributed by atoms with Crippen LogP contribution in [0, 0.1) is 5.41 Å². The molecule has 2 amide bonds. The maximum atomic E-state index is 14.2. The van der Waals surface area contributed by atoms with Crippen LogP contribution < -0.4 is 0 Å². The number of hydrogen-bond donors (Lipinski definition) is 0. The Morgan fingerprint density at radius 3 is 2.42 bits per heavy atom. The minimum Gasteiger partial charge on any atom is -0.345 e. The van der Waals surface area contributed by atoms with Crippen LogP contribution in [0.1, 0.15) is 38.5 Å². The summed E-state index contributed by atoms with van der Waals surface area (Å²) < 4.78 is 14.2. The SMILES string of the molecule is CN1CCC2(CCCN(C(=O)C3(F)CCC3)C2)C1=O. The lowest BCUT2D eigenvalue weighted by Gasteiger charge is -2.43. The first-order valence-corrected chi connectivity index (χ1v) is 7.21. The van der Waals surface area contributed by atoms with Gasteiger partial charge in [0.1, 0.15) is 0 Å². The summed E-state index contributed by atoms with van der Waals surface area (Å²) in [5.41, 5.74) is -2.06. The first-order chi connectivity index (χ1) is 8.97. The number of rotatable bonds is 1. The summed E-state index contributed by atoms with van der Waals surface area (Å²) >= 11 is 0. The van der Waals surface area contributed by atoms with E-state index in [0.717, 1.165) is 32.2 Å². The molecular formula is C14H21FN2O2. The molecule has 1 unspecified atom stereocenters. The maximum Gasteiger partial charge on any atom is 0.260 e. The normalized spacial score (nSPS) is 33.7. The van der Waals surface area contributed by atoms with E-state index in [9.17, 15) is 14.0 Å². The number of hydrogen-bond acceptors (Lipinski definition) is 2. The standard InChI is InChI=1S/C14H21FN2O2/c1-16-9-7-13(11(16)18)4-3-8-17(10-13)12(19)14(15)5-2-6-14/h2-10H2,1H3. The zero-order chi connectivity index (χ0) is 13.7. The fraction of sp³-hybridized carbons (Fsp3) is 0.857. The van der Waals surface area contributed by atoms with Crippen molar-refractivity contribution in [2.24, 2.45) is 5.41 Å². The van der Waals surface area contributed by atoms with Gasteiger partial charge in [0.15, 0.2) is 5.67 Å². The highest BCUT2D eigenvalue weighted by molar-refractivity contribution is 5.89. The van der Waals surface area contributed by atoms with Crippen molar-refractivity contribution in [3.8, 4) is 0 Å². The smallest absolute Gasteiger partial charge is 0.260 e. The van der Waals surface area contributed by atoms with Crippen LogP contribution in [0.2, 0.25) is 0 Å². The van der Waals surface area contributed by atoms with E-state index in [0.29, 0.717) is 25.9 Å². The Bertz CT molecular complexity index is 418. The third kappa shape index (κ3) is 1.85. The summed E-state index contributed by atoms with van der Waals surface area (Å²) in [4.78, 5) is 27.9. The highest BCUT2D eigenvalue weighted by atomic mass is 19.1. The molecule has 19 heavy (non-hydrogen) atoms. The molecule has 3 rings (SSSR count). The van der Waals surface area contributed by atoms with Crippen LogP contribution in [-0.2, 0) is 9.59 Å². The molecule has 2 heterocycles. The summed E-state index contributed by atoms with van der Waals surface area (Å²) in [6.07, 6.45) is 3.93. The Morgan fingerprint density at radius 2 is 1.89 bits per heavy atom. The zero-order valence-electron chi connectivity index (χ0n) is 11.5. The molecule has 0 bridgehead atoms. The number of amides is 2. The molecule has 1 saturated carbocycles. The summed E-state index contributed by atoms with van der Waals surface area (Å²) in [5, 5.41) is 0. The van der Waals surface area contributed by atoms with Gasteiger partial charge in [-0.1, -0.05) is 0 Å². The molecule has 0 N–H and O–H groups in total. The molecule has 1 atom stereocenters. The third-order valence-electron chi connectivity index (χ3n) is 5.12. The Kier molecular flexibility index (Phi) is 2.84. The highest BCUT2D eigenvalue weighted by Crippen LogP contribution is 2.43. The number of alkyl halides is 1. The lowest BCUT2D eigenvalue weighted by Crippen LogP contribution is -2.56. The van der Waals surface area contributed by atoms with Gasteiger partial charge in [-0.25, -0.2) is 4.39 Å². The van der Waals surface area contributed by atoms with Crippen molar-refractivity contribution in [1.82, 2.24) is 9.80 Å². The lowest BCUT2D eigenvalue weighted by molar-refractivity contribution is -0.155. The van der Waals surface area contributed by atoms with Crippen LogP contribution in [0.5, 0.6) is 0 Å². The minimum absolute atomic E-state index is 0.131. The second-order valence-electron chi connectivity index (χ2n) is 6.41. The van der Waals surface area contributed by atoms with Crippen molar-refractivity contribution in [2.45, 2.75) is 44.2 Å². The molecule has 4 nitrogen and oxygen atoms in total. The molecule has 0 radical (unpaired) electrons. The van der Waals surface area contributed by atoms with Crippen molar-refractivity contribution in [2.75, 3.05) is 26.7 Å². The first kappa shape index (κ1) is 12.9. The molecule has 0 aromatic carbocycles. The van der Waals surface area contributed by atoms with E-state index < -0.39 is 11.1 Å². The van der Waals surface area contributed by atoms with Crippen molar-refractivity contribution in [1.29, 1.82) is 0 Å². The Labute approximate surface area is 112 Å². The molecule has 2 aliphatic heterocycles. The van der Waals surface area contributed by atoms with E-state index in [-0.39, 0.29) is 11.8 Å². The van der Waals surface area contributed by atoms with Crippen molar-refractivity contribution < 1.29 is 14.0 Å². The largest absolute Gasteiger partial charge is 0.345 e. The van der Waals surface area contributed by atoms with Gasteiger partial charge in [0.25, 0.3) is 5.91 Å². The summed E-state index contributed by atoms with van der Waals surface area (Å²) in [6, 6.07) is 0. The van der Waals surface area contributed by atoms with E-state index >= 15 is 0 Å². The summed E-state index contributed by atoms with van der Waals surface area (Å²) in [7, 11) is 1.81. The highest BCUT2D eigenvalue weighted by Gasteiger charge is 2.52. The molecule has 1 aliphatic carbocycles. The van der Waals surface area contributed by atoms with E-state index in [1.54, 1.807) is 16.8 Å². The molecule has 2 saturated heterocycles. The van der Waals surface area contributed by atoms with Gasteiger partial charge in [0.2, 0.25) is 5.91 Å². The van der Waals surface area contributed by atoms with Crippen LogP contribution in [0.15, 0.2) is 0 Å². The number of likely N-dealkylation sites (tertiary alicyclic amines) is 2. The molecule has 3 aliphatic rings. The molecule has 3 fully saturated rings. The average Bonchev–Trinajstić information content (AvgIpc) is 2.64. The number of nitrogens with zero attached hydrogens (tertiary/aromatic N) is 2. The van der Waals surface area contributed by atoms with Crippen molar-refractivity contribution in [3.63, 3.8) is 0 Å². The van der Waals surface area contributed by atoms with E-state index in [1.165, 1.54) is 0 Å². The second-order valence-corrected chi connectivity index (χ2v) is 6.41.